The van der Waals surface area contributed by atoms with E-state index in [1.807, 2.05) is 32.6 Å². The lowest BCUT2D eigenvalue weighted by Crippen LogP contribution is -2.43. The number of hydrogen-bond acceptors (Lipinski definition) is 7. The van der Waals surface area contributed by atoms with Crippen LogP contribution in [0.5, 0.6) is 0 Å². The van der Waals surface area contributed by atoms with E-state index in [4.69, 9.17) is 0 Å². The number of carbonyl (C=O) groups is 1. The van der Waals surface area contributed by atoms with Crippen LogP contribution in [0.3, 0.4) is 0 Å². The quantitative estimate of drug-likeness (QED) is 0.656. The van der Waals surface area contributed by atoms with Gasteiger partial charge in [-0.25, -0.2) is 9.97 Å². The van der Waals surface area contributed by atoms with E-state index in [0.29, 0.717) is 5.92 Å². The molecule has 5 rings (SSSR count). The molecule has 156 valence electrons. The van der Waals surface area contributed by atoms with Crippen molar-refractivity contribution in [2.75, 3.05) is 50.5 Å². The highest BCUT2D eigenvalue weighted by Crippen LogP contribution is 2.48. The molecule has 0 atom stereocenters. The maximum absolute atomic E-state index is 12.7. The molecule has 1 aliphatic heterocycles. The van der Waals surface area contributed by atoms with Crippen LogP contribution in [-0.4, -0.2) is 61.0 Å². The molecule has 8 heteroatoms. The molecule has 1 aliphatic carbocycles. The number of amides is 1. The third kappa shape index (κ3) is 3.73. The first kappa shape index (κ1) is 19.3. The van der Waals surface area contributed by atoms with Gasteiger partial charge in [-0.15, -0.1) is 11.3 Å². The number of nitrogens with one attached hydrogen (secondary N) is 2. The summed E-state index contributed by atoms with van der Waals surface area (Å²) in [5.74, 6) is 2.10. The van der Waals surface area contributed by atoms with Gasteiger partial charge in [-0.05, 0) is 42.5 Å². The Morgan fingerprint density at radius 3 is 2.60 bits per heavy atom. The zero-order chi connectivity index (χ0) is 20.7. The van der Waals surface area contributed by atoms with E-state index in [2.05, 4.69) is 37.6 Å². The smallest absolute Gasteiger partial charge is 0.263 e. The van der Waals surface area contributed by atoms with Crippen LogP contribution in [0.25, 0.3) is 10.1 Å². The molecule has 1 amide bonds. The fourth-order valence-electron chi connectivity index (χ4n) is 3.93. The fourth-order valence-corrected chi connectivity index (χ4v) is 5.19. The molecule has 3 aromatic heterocycles. The second-order valence-electron chi connectivity index (χ2n) is 8.15. The summed E-state index contributed by atoms with van der Waals surface area (Å²) in [6, 6.07) is 6.17. The number of aromatic nitrogens is 2. The summed E-state index contributed by atoms with van der Waals surface area (Å²) in [5, 5.41) is 7.84. The molecule has 3 aromatic rings. The summed E-state index contributed by atoms with van der Waals surface area (Å²) in [6.07, 6.45) is 6.09. The number of fused-ring (bicyclic) bond motifs is 1. The van der Waals surface area contributed by atoms with Gasteiger partial charge < -0.3 is 20.4 Å². The molecule has 0 radical (unpaired) electrons. The number of hydrogen-bond donors (Lipinski definition) is 2. The van der Waals surface area contributed by atoms with E-state index in [0.717, 1.165) is 71.3 Å². The lowest BCUT2D eigenvalue weighted by atomic mass is 10.1. The van der Waals surface area contributed by atoms with Gasteiger partial charge in [-0.2, -0.15) is 0 Å². The number of nitrogens with zero attached hydrogens (tertiary/aromatic N) is 4. The molecule has 0 unspecified atom stereocenters. The molecule has 2 N–H and O–H groups in total. The molecule has 30 heavy (non-hydrogen) atoms. The summed E-state index contributed by atoms with van der Waals surface area (Å²) in [7, 11) is 3.62. The minimum Gasteiger partial charge on any atom is -0.368 e. The molecule has 0 bridgehead atoms. The van der Waals surface area contributed by atoms with Gasteiger partial charge >= 0.3 is 0 Å². The zero-order valence-electron chi connectivity index (χ0n) is 17.3. The van der Waals surface area contributed by atoms with Crippen LogP contribution >= 0.6 is 11.3 Å². The molecular weight excluding hydrogens is 396 g/mol. The Hall–Kier alpha value is -2.71. The standard InChI is InChI=1S/C22H26N6OS/c1-27(2)22(29)21-20(14-3-4-14)16-11-19(25-13-17(16)30-21)26-18-6-5-15(12-24-18)28-9-7-23-8-10-28/h5-6,11-14,23H,3-4,7-10H2,1-2H3,(H,24,25,26). The monoisotopic (exact) mass is 422 g/mol. The Bertz CT molecular complexity index is 1070. The third-order valence-corrected chi connectivity index (χ3v) is 6.83. The van der Waals surface area contributed by atoms with Gasteiger partial charge in [0.2, 0.25) is 0 Å². The molecule has 0 spiro atoms. The Labute approximate surface area is 180 Å². The topological polar surface area (TPSA) is 73.4 Å². The van der Waals surface area contributed by atoms with Crippen molar-refractivity contribution in [3.63, 3.8) is 0 Å². The van der Waals surface area contributed by atoms with Crippen molar-refractivity contribution in [3.05, 3.63) is 41.0 Å². The summed E-state index contributed by atoms with van der Waals surface area (Å²) in [5.41, 5.74) is 2.34. The van der Waals surface area contributed by atoms with E-state index < -0.39 is 0 Å². The average Bonchev–Trinajstić information content (AvgIpc) is 3.54. The Morgan fingerprint density at radius 2 is 1.93 bits per heavy atom. The SMILES string of the molecule is CN(C)C(=O)c1sc2cnc(Nc3ccc(N4CCNCC4)cn3)cc2c1C1CC1. The van der Waals surface area contributed by atoms with Crippen molar-refractivity contribution in [2.24, 2.45) is 0 Å². The van der Waals surface area contributed by atoms with Gasteiger partial charge in [0.25, 0.3) is 5.91 Å². The van der Waals surface area contributed by atoms with Gasteiger partial charge in [0, 0.05) is 51.9 Å². The molecule has 0 aromatic carbocycles. The van der Waals surface area contributed by atoms with Crippen molar-refractivity contribution in [2.45, 2.75) is 18.8 Å². The molecule has 4 heterocycles. The Balaban J connectivity index is 1.41. The highest BCUT2D eigenvalue weighted by molar-refractivity contribution is 7.21. The lowest BCUT2D eigenvalue weighted by molar-refractivity contribution is 0.0831. The summed E-state index contributed by atoms with van der Waals surface area (Å²) in [4.78, 5) is 26.7. The van der Waals surface area contributed by atoms with Gasteiger partial charge in [-0.1, -0.05) is 0 Å². The number of pyridine rings is 2. The van der Waals surface area contributed by atoms with Crippen molar-refractivity contribution in [1.82, 2.24) is 20.2 Å². The van der Waals surface area contributed by atoms with Gasteiger partial charge in [0.15, 0.2) is 0 Å². The predicted octanol–water partition coefficient (Wildman–Crippen LogP) is 3.42. The predicted molar refractivity (Wildman–Crippen MR) is 122 cm³/mol. The Kier molecular flexibility index (Phi) is 5.04. The summed E-state index contributed by atoms with van der Waals surface area (Å²) < 4.78 is 1.06. The number of thiophene rings is 1. The largest absolute Gasteiger partial charge is 0.368 e. The maximum atomic E-state index is 12.7. The van der Waals surface area contributed by atoms with E-state index >= 15 is 0 Å². The van der Waals surface area contributed by atoms with E-state index in [9.17, 15) is 4.79 Å². The first-order valence-corrected chi connectivity index (χ1v) is 11.2. The van der Waals surface area contributed by atoms with E-state index in [-0.39, 0.29) is 5.91 Å². The van der Waals surface area contributed by atoms with E-state index in [1.54, 1.807) is 16.2 Å². The van der Waals surface area contributed by atoms with Crippen molar-refractivity contribution in [1.29, 1.82) is 0 Å². The zero-order valence-corrected chi connectivity index (χ0v) is 18.1. The number of rotatable bonds is 5. The highest BCUT2D eigenvalue weighted by atomic mass is 32.1. The summed E-state index contributed by atoms with van der Waals surface area (Å²) >= 11 is 1.55. The van der Waals surface area contributed by atoms with Crippen LogP contribution < -0.4 is 15.5 Å². The van der Waals surface area contributed by atoms with E-state index in [1.165, 1.54) is 5.56 Å². The lowest BCUT2D eigenvalue weighted by Gasteiger charge is -2.29. The van der Waals surface area contributed by atoms with Crippen molar-refractivity contribution >= 4 is 44.7 Å². The van der Waals surface area contributed by atoms with Crippen LogP contribution in [0.4, 0.5) is 17.3 Å². The van der Waals surface area contributed by atoms with Crippen molar-refractivity contribution < 1.29 is 4.79 Å². The second-order valence-corrected chi connectivity index (χ2v) is 9.20. The highest BCUT2D eigenvalue weighted by Gasteiger charge is 2.32. The fraction of sp³-hybridized carbons (Fsp3) is 0.409. The first-order valence-electron chi connectivity index (χ1n) is 10.4. The molecule has 2 fully saturated rings. The normalized spacial score (nSPS) is 16.7. The van der Waals surface area contributed by atoms with Gasteiger partial charge in [0.05, 0.1) is 21.5 Å². The molecule has 1 saturated carbocycles. The minimum atomic E-state index is 0.0813. The molecule has 2 aliphatic rings. The van der Waals surface area contributed by atoms with Crippen LogP contribution in [0.2, 0.25) is 0 Å². The molecular formula is C22H26N6OS. The van der Waals surface area contributed by atoms with Gasteiger partial charge in [-0.3, -0.25) is 4.79 Å². The number of piperazine rings is 1. The second kappa shape index (κ2) is 7.85. The number of anilines is 3. The third-order valence-electron chi connectivity index (χ3n) is 5.69. The first-order chi connectivity index (χ1) is 14.6. The minimum absolute atomic E-state index is 0.0813. The van der Waals surface area contributed by atoms with Gasteiger partial charge in [0.1, 0.15) is 11.6 Å². The average molecular weight is 423 g/mol. The molecule has 1 saturated heterocycles. The van der Waals surface area contributed by atoms with Crippen LogP contribution in [0, 0.1) is 0 Å². The Morgan fingerprint density at radius 1 is 1.17 bits per heavy atom. The number of carbonyl (C=O) groups excluding carboxylic acids is 1. The maximum Gasteiger partial charge on any atom is 0.263 e. The van der Waals surface area contributed by atoms with Crippen LogP contribution in [-0.2, 0) is 0 Å². The molecule has 7 nitrogen and oxygen atoms in total. The van der Waals surface area contributed by atoms with Crippen LogP contribution in [0.15, 0.2) is 30.6 Å². The van der Waals surface area contributed by atoms with Crippen LogP contribution in [0.1, 0.15) is 34.0 Å². The van der Waals surface area contributed by atoms with Crippen molar-refractivity contribution in [3.8, 4) is 0 Å². The summed E-state index contributed by atoms with van der Waals surface area (Å²) in [6.45, 7) is 4.02.